The summed E-state index contributed by atoms with van der Waals surface area (Å²) in [5, 5.41) is 0. The second-order valence-electron chi connectivity index (χ2n) is 7.64. The van der Waals surface area contributed by atoms with Gasteiger partial charge < -0.3 is 14.5 Å². The van der Waals surface area contributed by atoms with Crippen LogP contribution in [-0.4, -0.2) is 52.6 Å². The Morgan fingerprint density at radius 1 is 1.18 bits per heavy atom. The molecule has 0 spiro atoms. The molecule has 6 nitrogen and oxygen atoms in total. The van der Waals surface area contributed by atoms with Gasteiger partial charge in [0.15, 0.2) is 0 Å². The maximum atomic E-state index is 13.1. The van der Waals surface area contributed by atoms with Gasteiger partial charge in [0.25, 0.3) is 5.91 Å². The lowest BCUT2D eigenvalue weighted by Gasteiger charge is -2.38. The zero-order chi connectivity index (χ0) is 19.8. The van der Waals surface area contributed by atoms with Crippen molar-refractivity contribution in [3.8, 4) is 0 Å². The van der Waals surface area contributed by atoms with Crippen LogP contribution in [0.5, 0.6) is 0 Å². The van der Waals surface area contributed by atoms with Gasteiger partial charge >= 0.3 is 0 Å². The highest BCUT2D eigenvalue weighted by atomic mass is 79.9. The number of aromatic nitrogens is 2. The van der Waals surface area contributed by atoms with Crippen LogP contribution in [0, 0.1) is 6.92 Å². The van der Waals surface area contributed by atoms with E-state index in [0.717, 1.165) is 46.9 Å². The van der Waals surface area contributed by atoms with Crippen molar-refractivity contribution in [1.29, 1.82) is 0 Å². The predicted octanol–water partition coefficient (Wildman–Crippen LogP) is 3.36. The van der Waals surface area contributed by atoms with E-state index in [9.17, 15) is 4.79 Å². The Kier molecular flexibility index (Phi) is 5.38. The number of nitrogens with zero attached hydrogens (tertiary/aromatic N) is 4. The number of hydrogen-bond donors (Lipinski definition) is 0. The number of aryl methyl sites for hydroxylation is 1. The quantitative estimate of drug-likeness (QED) is 0.710. The van der Waals surface area contributed by atoms with Crippen molar-refractivity contribution in [2.24, 2.45) is 0 Å². The maximum absolute atomic E-state index is 13.1. The molecule has 2 unspecified atom stereocenters. The smallest absolute Gasteiger partial charge is 0.255 e. The number of fused-ring (bicyclic) bond motifs is 1. The van der Waals surface area contributed by atoms with E-state index < -0.39 is 0 Å². The number of carbonyl (C=O) groups excluding carboxylic acids is 1. The molecule has 2 aliphatic rings. The largest absolute Gasteiger partial charge is 0.372 e. The Balaban J connectivity index is 1.66. The van der Waals surface area contributed by atoms with Crippen LogP contribution in [0.4, 0.5) is 5.82 Å². The van der Waals surface area contributed by atoms with E-state index in [4.69, 9.17) is 9.72 Å². The zero-order valence-corrected chi connectivity index (χ0v) is 18.1. The summed E-state index contributed by atoms with van der Waals surface area (Å²) in [6.07, 6.45) is 1.05. The summed E-state index contributed by atoms with van der Waals surface area (Å²) >= 11 is 3.50. The lowest BCUT2D eigenvalue weighted by atomic mass is 10.0. The summed E-state index contributed by atoms with van der Waals surface area (Å²) in [4.78, 5) is 26.8. The minimum Gasteiger partial charge on any atom is -0.372 e. The first-order chi connectivity index (χ1) is 13.4. The molecule has 2 atom stereocenters. The first-order valence-corrected chi connectivity index (χ1v) is 10.5. The van der Waals surface area contributed by atoms with Crippen LogP contribution < -0.4 is 4.90 Å². The Bertz CT molecular complexity index is 894. The van der Waals surface area contributed by atoms with E-state index in [2.05, 4.69) is 39.7 Å². The van der Waals surface area contributed by atoms with Gasteiger partial charge in [-0.1, -0.05) is 12.1 Å². The van der Waals surface area contributed by atoms with Crippen LogP contribution in [0.3, 0.4) is 0 Å². The Labute approximate surface area is 174 Å². The van der Waals surface area contributed by atoms with Gasteiger partial charge in [-0.25, -0.2) is 9.97 Å². The highest BCUT2D eigenvalue weighted by molar-refractivity contribution is 9.10. The van der Waals surface area contributed by atoms with Crippen LogP contribution in [0.15, 0.2) is 28.7 Å². The molecule has 1 fully saturated rings. The van der Waals surface area contributed by atoms with Crippen molar-refractivity contribution in [2.75, 3.05) is 24.5 Å². The maximum Gasteiger partial charge on any atom is 0.255 e. The average molecular weight is 445 g/mol. The van der Waals surface area contributed by atoms with Crippen LogP contribution >= 0.6 is 15.9 Å². The number of anilines is 1. The highest BCUT2D eigenvalue weighted by Gasteiger charge is 2.31. The molecule has 7 heteroatoms. The number of hydrogen-bond acceptors (Lipinski definition) is 5. The van der Waals surface area contributed by atoms with E-state index in [1.165, 1.54) is 0 Å². The van der Waals surface area contributed by atoms with Crippen LogP contribution in [-0.2, 0) is 17.7 Å². The number of carbonyl (C=O) groups is 1. The summed E-state index contributed by atoms with van der Waals surface area (Å²) < 4.78 is 6.71. The van der Waals surface area contributed by atoms with Crippen molar-refractivity contribution in [1.82, 2.24) is 14.9 Å². The Hall–Kier alpha value is -1.99. The summed E-state index contributed by atoms with van der Waals surface area (Å²) in [5.41, 5.74) is 2.82. The molecule has 0 radical (unpaired) electrons. The third-order valence-corrected chi connectivity index (χ3v) is 5.95. The predicted molar refractivity (Wildman–Crippen MR) is 112 cm³/mol. The van der Waals surface area contributed by atoms with Gasteiger partial charge in [0.2, 0.25) is 0 Å². The molecule has 0 saturated carbocycles. The minimum absolute atomic E-state index is 0.0355. The molecule has 148 valence electrons. The summed E-state index contributed by atoms with van der Waals surface area (Å²) in [7, 11) is 0. The topological polar surface area (TPSA) is 58.6 Å². The average Bonchev–Trinajstić information content (AvgIpc) is 2.66. The second kappa shape index (κ2) is 7.79. The lowest BCUT2D eigenvalue weighted by molar-refractivity contribution is -0.00560. The number of morpholine rings is 1. The van der Waals surface area contributed by atoms with Crippen molar-refractivity contribution < 1.29 is 9.53 Å². The van der Waals surface area contributed by atoms with E-state index in [1.54, 1.807) is 0 Å². The standard InChI is InChI=1S/C21H25BrN4O2/c1-13-10-26(11-14(2)28-13)20-17-12-25(9-8-19(17)23-15(3)24-20)21(27)16-6-4-5-7-18(16)22/h4-7,13-14H,8-12H2,1-3H3. The number of benzene rings is 1. The third kappa shape index (κ3) is 3.78. The highest BCUT2D eigenvalue weighted by Crippen LogP contribution is 2.30. The fourth-order valence-corrected chi connectivity index (χ4v) is 4.56. The lowest BCUT2D eigenvalue weighted by Crippen LogP contribution is -2.47. The molecule has 1 amide bonds. The van der Waals surface area contributed by atoms with E-state index >= 15 is 0 Å². The minimum atomic E-state index is 0.0355. The fourth-order valence-electron chi connectivity index (χ4n) is 4.11. The number of amides is 1. The molecule has 0 aliphatic carbocycles. The Morgan fingerprint density at radius 2 is 1.89 bits per heavy atom. The van der Waals surface area contributed by atoms with Gasteiger partial charge in [-0.05, 0) is 48.8 Å². The first-order valence-electron chi connectivity index (χ1n) is 9.73. The van der Waals surface area contributed by atoms with E-state index in [-0.39, 0.29) is 18.1 Å². The van der Waals surface area contributed by atoms with Crippen LogP contribution in [0.2, 0.25) is 0 Å². The number of ether oxygens (including phenoxy) is 1. The number of rotatable bonds is 2. The summed E-state index contributed by atoms with van der Waals surface area (Å²) in [6.45, 7) is 8.91. The van der Waals surface area contributed by atoms with Gasteiger partial charge in [0, 0.05) is 36.1 Å². The summed E-state index contributed by atoms with van der Waals surface area (Å²) in [5.74, 6) is 1.77. The van der Waals surface area contributed by atoms with Crippen molar-refractivity contribution in [3.05, 3.63) is 51.4 Å². The molecular formula is C21H25BrN4O2. The first kappa shape index (κ1) is 19.3. The van der Waals surface area contributed by atoms with Crippen LogP contribution in [0.1, 0.15) is 41.3 Å². The van der Waals surface area contributed by atoms with Gasteiger partial charge in [-0.2, -0.15) is 0 Å². The molecule has 2 aromatic rings. The van der Waals surface area contributed by atoms with Gasteiger partial charge in [0.05, 0.1) is 30.0 Å². The van der Waals surface area contributed by atoms with Crippen molar-refractivity contribution >= 4 is 27.7 Å². The van der Waals surface area contributed by atoms with Crippen molar-refractivity contribution in [2.45, 2.75) is 45.9 Å². The zero-order valence-electron chi connectivity index (χ0n) is 16.5. The van der Waals surface area contributed by atoms with Crippen molar-refractivity contribution in [3.63, 3.8) is 0 Å². The molecule has 28 heavy (non-hydrogen) atoms. The number of halogens is 1. The Morgan fingerprint density at radius 3 is 2.61 bits per heavy atom. The molecule has 3 heterocycles. The SMILES string of the molecule is Cc1nc2c(c(N3CC(C)OC(C)C3)n1)CN(C(=O)c1ccccc1Br)CC2. The molecule has 0 bridgehead atoms. The molecule has 1 aromatic heterocycles. The van der Waals surface area contributed by atoms with Gasteiger partial charge in [-0.15, -0.1) is 0 Å². The monoisotopic (exact) mass is 444 g/mol. The second-order valence-corrected chi connectivity index (χ2v) is 8.49. The molecule has 2 aliphatic heterocycles. The molecule has 1 aromatic carbocycles. The fraction of sp³-hybridized carbons (Fsp3) is 0.476. The normalized spacial score (nSPS) is 22.1. The molecular weight excluding hydrogens is 420 g/mol. The summed E-state index contributed by atoms with van der Waals surface area (Å²) in [6, 6.07) is 7.57. The van der Waals surface area contributed by atoms with Crippen LogP contribution in [0.25, 0.3) is 0 Å². The molecule has 0 N–H and O–H groups in total. The van der Waals surface area contributed by atoms with Gasteiger partial charge in [-0.3, -0.25) is 4.79 Å². The molecule has 1 saturated heterocycles. The molecule has 4 rings (SSSR count). The van der Waals surface area contributed by atoms with E-state index in [1.807, 2.05) is 36.1 Å². The third-order valence-electron chi connectivity index (χ3n) is 5.26. The van der Waals surface area contributed by atoms with Gasteiger partial charge in [0.1, 0.15) is 11.6 Å². The van der Waals surface area contributed by atoms with E-state index in [0.29, 0.717) is 18.7 Å².